The van der Waals surface area contributed by atoms with E-state index in [1.54, 1.807) is 12.1 Å². The van der Waals surface area contributed by atoms with Crippen molar-refractivity contribution in [2.24, 2.45) is 0 Å². The molecule has 1 unspecified atom stereocenters. The van der Waals surface area contributed by atoms with Crippen LogP contribution in [0.25, 0.3) is 10.9 Å². The molecule has 0 aliphatic carbocycles. The van der Waals surface area contributed by atoms with Gasteiger partial charge in [0.05, 0.1) is 0 Å². The van der Waals surface area contributed by atoms with Gasteiger partial charge in [0.15, 0.2) is 0 Å². The minimum atomic E-state index is -0.178. The molecule has 2 rings (SSSR count). The molecule has 0 amide bonds. The average molecular weight is 206 g/mol. The molecule has 1 aromatic carbocycles. The van der Waals surface area contributed by atoms with E-state index in [0.717, 1.165) is 22.2 Å². The van der Waals surface area contributed by atoms with Crippen LogP contribution < -0.4 is 5.32 Å². The Morgan fingerprint density at radius 2 is 2.07 bits per heavy atom. The van der Waals surface area contributed by atoms with E-state index < -0.39 is 0 Å². The number of rotatable bonds is 2. The second-order valence-electron chi connectivity index (χ2n) is 3.92. The van der Waals surface area contributed by atoms with Crippen LogP contribution >= 0.6 is 0 Å². The van der Waals surface area contributed by atoms with E-state index in [0.29, 0.717) is 0 Å². The number of aryl methyl sites for hydroxylation is 1. The van der Waals surface area contributed by atoms with Crippen LogP contribution in [0.5, 0.6) is 0 Å². The molecule has 0 fully saturated rings. The third kappa shape index (κ3) is 1.75. The van der Waals surface area contributed by atoms with Crippen LogP contribution in [0.15, 0.2) is 18.2 Å². The number of fused-ring (bicyclic) bond motifs is 1. The predicted octanol–water partition coefficient (Wildman–Crippen LogP) is 2.90. The minimum absolute atomic E-state index is 0.178. The summed E-state index contributed by atoms with van der Waals surface area (Å²) in [5.41, 5.74) is 3.05. The number of nitrogens with one attached hydrogen (secondary N) is 2. The average Bonchev–Trinajstić information content (AvgIpc) is 2.60. The van der Waals surface area contributed by atoms with Crippen molar-refractivity contribution in [1.82, 2.24) is 10.3 Å². The molecule has 0 bridgehead atoms. The van der Waals surface area contributed by atoms with Crippen molar-refractivity contribution in [3.05, 3.63) is 35.3 Å². The van der Waals surface area contributed by atoms with E-state index in [1.165, 1.54) is 0 Å². The van der Waals surface area contributed by atoms with Crippen LogP contribution in [-0.4, -0.2) is 12.0 Å². The van der Waals surface area contributed by atoms with Crippen molar-refractivity contribution in [2.75, 3.05) is 7.05 Å². The lowest BCUT2D eigenvalue weighted by molar-refractivity contribution is 0.628. The van der Waals surface area contributed by atoms with Gasteiger partial charge in [-0.25, -0.2) is 4.39 Å². The summed E-state index contributed by atoms with van der Waals surface area (Å²) in [6.45, 7) is 3.98. The Labute approximate surface area is 88.5 Å². The molecule has 0 spiro atoms. The first-order valence-corrected chi connectivity index (χ1v) is 5.08. The third-order valence-corrected chi connectivity index (χ3v) is 2.81. The van der Waals surface area contributed by atoms with Crippen LogP contribution in [0.3, 0.4) is 0 Å². The number of aromatic amines is 1. The zero-order chi connectivity index (χ0) is 11.0. The van der Waals surface area contributed by atoms with Crippen LogP contribution in [-0.2, 0) is 0 Å². The third-order valence-electron chi connectivity index (χ3n) is 2.81. The fraction of sp³-hybridized carbons (Fsp3) is 0.333. The normalized spacial score (nSPS) is 13.3. The van der Waals surface area contributed by atoms with Crippen LogP contribution in [0.4, 0.5) is 4.39 Å². The molecule has 2 N–H and O–H groups in total. The first kappa shape index (κ1) is 10.2. The summed E-state index contributed by atoms with van der Waals surface area (Å²) in [7, 11) is 1.91. The maximum absolute atomic E-state index is 13.2. The lowest BCUT2D eigenvalue weighted by Crippen LogP contribution is -2.12. The molecule has 3 heteroatoms. The van der Waals surface area contributed by atoms with Gasteiger partial charge in [0.1, 0.15) is 5.82 Å². The van der Waals surface area contributed by atoms with Crippen molar-refractivity contribution in [1.29, 1.82) is 0 Å². The quantitative estimate of drug-likeness (QED) is 0.777. The van der Waals surface area contributed by atoms with Gasteiger partial charge in [0.25, 0.3) is 0 Å². The predicted molar refractivity (Wildman–Crippen MR) is 60.5 cm³/mol. The van der Waals surface area contributed by atoms with E-state index in [9.17, 15) is 4.39 Å². The Bertz CT molecular complexity index is 488. The Morgan fingerprint density at radius 3 is 2.73 bits per heavy atom. The van der Waals surface area contributed by atoms with Gasteiger partial charge in [-0.05, 0) is 44.7 Å². The van der Waals surface area contributed by atoms with E-state index in [4.69, 9.17) is 0 Å². The zero-order valence-electron chi connectivity index (χ0n) is 9.19. The summed E-state index contributed by atoms with van der Waals surface area (Å²) < 4.78 is 13.2. The monoisotopic (exact) mass is 206 g/mol. The molecule has 0 saturated carbocycles. The largest absolute Gasteiger partial charge is 0.357 e. The van der Waals surface area contributed by atoms with Gasteiger partial charge in [-0.15, -0.1) is 0 Å². The molecule has 2 aromatic rings. The molecular formula is C12H15FN2. The Kier molecular flexibility index (Phi) is 2.49. The number of hydrogen-bond donors (Lipinski definition) is 2. The van der Waals surface area contributed by atoms with Crippen molar-refractivity contribution < 1.29 is 4.39 Å². The SMILES string of the molecule is CNC(C)c1cc2cc(F)cc(C)c2[nH]1. The number of halogens is 1. The topological polar surface area (TPSA) is 27.8 Å². The summed E-state index contributed by atoms with van der Waals surface area (Å²) >= 11 is 0. The van der Waals surface area contributed by atoms with Gasteiger partial charge in [-0.2, -0.15) is 0 Å². The first-order chi connectivity index (χ1) is 7.11. The van der Waals surface area contributed by atoms with Gasteiger partial charge in [0.2, 0.25) is 0 Å². The van der Waals surface area contributed by atoms with Crippen molar-refractivity contribution in [3.8, 4) is 0 Å². The lowest BCUT2D eigenvalue weighted by atomic mass is 10.1. The fourth-order valence-electron chi connectivity index (χ4n) is 1.79. The molecule has 1 atom stereocenters. The number of hydrogen-bond acceptors (Lipinski definition) is 1. The highest BCUT2D eigenvalue weighted by atomic mass is 19.1. The number of benzene rings is 1. The van der Waals surface area contributed by atoms with E-state index in [-0.39, 0.29) is 11.9 Å². The molecule has 80 valence electrons. The highest BCUT2D eigenvalue weighted by Crippen LogP contribution is 2.23. The van der Waals surface area contributed by atoms with Gasteiger partial charge < -0.3 is 10.3 Å². The molecule has 15 heavy (non-hydrogen) atoms. The molecule has 0 aliphatic heterocycles. The van der Waals surface area contributed by atoms with Crippen LogP contribution in [0, 0.1) is 12.7 Å². The number of aromatic nitrogens is 1. The number of H-pyrrole nitrogens is 1. The van der Waals surface area contributed by atoms with E-state index >= 15 is 0 Å². The lowest BCUT2D eigenvalue weighted by Gasteiger charge is -2.06. The van der Waals surface area contributed by atoms with Gasteiger partial charge in [0, 0.05) is 22.6 Å². The molecule has 1 heterocycles. The van der Waals surface area contributed by atoms with Gasteiger partial charge in [-0.1, -0.05) is 0 Å². The van der Waals surface area contributed by atoms with Crippen molar-refractivity contribution >= 4 is 10.9 Å². The molecule has 0 saturated heterocycles. The second-order valence-corrected chi connectivity index (χ2v) is 3.92. The highest BCUT2D eigenvalue weighted by molar-refractivity contribution is 5.83. The molecule has 0 aliphatic rings. The van der Waals surface area contributed by atoms with Crippen LogP contribution in [0.1, 0.15) is 24.2 Å². The van der Waals surface area contributed by atoms with Gasteiger partial charge in [-0.3, -0.25) is 0 Å². The Hall–Kier alpha value is -1.35. The molecule has 1 aromatic heterocycles. The Balaban J connectivity index is 2.60. The maximum Gasteiger partial charge on any atom is 0.124 e. The summed E-state index contributed by atoms with van der Waals surface area (Å²) in [6, 6.07) is 5.35. The van der Waals surface area contributed by atoms with Crippen molar-refractivity contribution in [2.45, 2.75) is 19.9 Å². The molecule has 2 nitrogen and oxygen atoms in total. The summed E-state index contributed by atoms with van der Waals surface area (Å²) in [6.07, 6.45) is 0. The molecule has 0 radical (unpaired) electrons. The minimum Gasteiger partial charge on any atom is -0.357 e. The Morgan fingerprint density at radius 1 is 1.33 bits per heavy atom. The van der Waals surface area contributed by atoms with E-state index in [1.807, 2.05) is 20.0 Å². The molecular weight excluding hydrogens is 191 g/mol. The zero-order valence-corrected chi connectivity index (χ0v) is 9.19. The smallest absolute Gasteiger partial charge is 0.124 e. The standard InChI is InChI=1S/C12H15FN2/c1-7-4-10(13)5-9-6-11(8(2)14-3)15-12(7)9/h4-6,8,14-15H,1-3H3. The summed E-state index contributed by atoms with van der Waals surface area (Å²) in [4.78, 5) is 3.31. The first-order valence-electron chi connectivity index (χ1n) is 5.08. The van der Waals surface area contributed by atoms with Crippen LogP contribution in [0.2, 0.25) is 0 Å². The highest BCUT2D eigenvalue weighted by Gasteiger charge is 2.09. The van der Waals surface area contributed by atoms with Gasteiger partial charge >= 0.3 is 0 Å². The second kappa shape index (κ2) is 3.66. The summed E-state index contributed by atoms with van der Waals surface area (Å²) in [5.74, 6) is -0.178. The van der Waals surface area contributed by atoms with Crippen molar-refractivity contribution in [3.63, 3.8) is 0 Å². The van der Waals surface area contributed by atoms with E-state index in [2.05, 4.69) is 17.2 Å². The summed E-state index contributed by atoms with van der Waals surface area (Å²) in [5, 5.41) is 4.09. The maximum atomic E-state index is 13.2. The fourth-order valence-corrected chi connectivity index (χ4v) is 1.79.